The smallest absolute Gasteiger partial charge is 0.494 e. The summed E-state index contributed by atoms with van der Waals surface area (Å²) in [7, 11) is -1.01. The Morgan fingerprint density at radius 1 is 1.47 bits per heavy atom. The number of fused-ring (bicyclic) bond motifs is 1. The number of ether oxygens (including phenoxy) is 1. The van der Waals surface area contributed by atoms with E-state index in [2.05, 4.69) is 6.92 Å². The molecular weight excluding hydrogens is 264 g/mol. The molecule has 0 aromatic heterocycles. The Labute approximate surface area is 119 Å². The van der Waals surface area contributed by atoms with Crippen molar-refractivity contribution in [3.8, 4) is 5.75 Å². The number of hydrogen-bond donors (Lipinski definition) is 2. The first-order valence-electron chi connectivity index (χ1n) is 6.67. The van der Waals surface area contributed by atoms with Crippen molar-refractivity contribution in [2.75, 3.05) is 13.2 Å². The molecule has 3 N–H and O–H groups in total. The van der Waals surface area contributed by atoms with E-state index in [4.69, 9.17) is 26.7 Å². The molecule has 1 atom stereocenters. The zero-order valence-corrected chi connectivity index (χ0v) is 11.8. The minimum Gasteiger partial charge on any atom is -0.494 e. The molecular formula is C13H19BClNO3. The standard InChI is InChI=1S/C13H19BClNO3/c1-2-3-4-7-18-10-6-5-9(15)12-11(8-16)19-14(17)13(10)12/h5-6,11,17H,2-4,7-8,16H2,1H3. The lowest BCUT2D eigenvalue weighted by molar-refractivity contribution is 0.198. The zero-order chi connectivity index (χ0) is 13.8. The third kappa shape index (κ3) is 3.05. The van der Waals surface area contributed by atoms with Crippen LogP contribution >= 0.6 is 11.6 Å². The second-order valence-corrected chi connectivity index (χ2v) is 5.05. The van der Waals surface area contributed by atoms with Gasteiger partial charge in [-0.2, -0.15) is 0 Å². The van der Waals surface area contributed by atoms with Crippen LogP contribution in [0.3, 0.4) is 0 Å². The zero-order valence-electron chi connectivity index (χ0n) is 11.1. The summed E-state index contributed by atoms with van der Waals surface area (Å²) in [6.07, 6.45) is 2.89. The van der Waals surface area contributed by atoms with Crippen LogP contribution in [0.4, 0.5) is 0 Å². The molecule has 4 nitrogen and oxygen atoms in total. The predicted molar refractivity (Wildman–Crippen MR) is 77.0 cm³/mol. The molecule has 1 unspecified atom stereocenters. The molecule has 2 rings (SSSR count). The Morgan fingerprint density at radius 3 is 2.95 bits per heavy atom. The van der Waals surface area contributed by atoms with Crippen molar-refractivity contribution in [1.29, 1.82) is 0 Å². The molecule has 1 aromatic rings. The van der Waals surface area contributed by atoms with Crippen molar-refractivity contribution in [2.45, 2.75) is 32.3 Å². The highest BCUT2D eigenvalue weighted by Gasteiger charge is 2.39. The van der Waals surface area contributed by atoms with Crippen LogP contribution in [0.1, 0.15) is 37.9 Å². The van der Waals surface area contributed by atoms with Crippen molar-refractivity contribution in [1.82, 2.24) is 0 Å². The lowest BCUT2D eigenvalue weighted by atomic mass is 9.78. The highest BCUT2D eigenvalue weighted by Crippen LogP contribution is 2.32. The van der Waals surface area contributed by atoms with Crippen molar-refractivity contribution in [2.24, 2.45) is 5.73 Å². The molecule has 0 bridgehead atoms. The van der Waals surface area contributed by atoms with E-state index in [0.29, 0.717) is 22.8 Å². The van der Waals surface area contributed by atoms with Crippen LogP contribution < -0.4 is 15.9 Å². The van der Waals surface area contributed by atoms with Crippen LogP contribution in [0.5, 0.6) is 5.75 Å². The molecule has 0 amide bonds. The quantitative estimate of drug-likeness (QED) is 0.615. The Bertz CT molecular complexity index is 444. The molecule has 0 aliphatic carbocycles. The molecule has 0 saturated carbocycles. The van der Waals surface area contributed by atoms with Crippen LogP contribution in [-0.4, -0.2) is 25.3 Å². The van der Waals surface area contributed by atoms with Gasteiger partial charge in [-0.15, -0.1) is 0 Å². The van der Waals surface area contributed by atoms with Crippen LogP contribution in [0.2, 0.25) is 5.02 Å². The number of hydrogen-bond acceptors (Lipinski definition) is 4. The van der Waals surface area contributed by atoms with E-state index in [1.165, 1.54) is 0 Å². The van der Waals surface area contributed by atoms with Crippen LogP contribution in [0.15, 0.2) is 12.1 Å². The number of unbranched alkanes of at least 4 members (excludes halogenated alkanes) is 2. The van der Waals surface area contributed by atoms with Crippen molar-refractivity contribution in [3.05, 3.63) is 22.7 Å². The first kappa shape index (κ1) is 14.7. The van der Waals surface area contributed by atoms with Gasteiger partial charge >= 0.3 is 7.12 Å². The van der Waals surface area contributed by atoms with Crippen LogP contribution in [-0.2, 0) is 4.65 Å². The van der Waals surface area contributed by atoms with Crippen LogP contribution in [0.25, 0.3) is 0 Å². The summed E-state index contributed by atoms with van der Waals surface area (Å²) in [6, 6.07) is 3.54. The third-order valence-corrected chi connectivity index (χ3v) is 3.61. The molecule has 6 heteroatoms. The molecule has 0 radical (unpaired) electrons. The highest BCUT2D eigenvalue weighted by atomic mass is 35.5. The first-order chi connectivity index (χ1) is 9.19. The minimum absolute atomic E-state index is 0.281. The van der Waals surface area contributed by atoms with E-state index < -0.39 is 7.12 Å². The van der Waals surface area contributed by atoms with Gasteiger partial charge in [-0.25, -0.2) is 0 Å². The molecule has 104 valence electrons. The molecule has 19 heavy (non-hydrogen) atoms. The first-order valence-corrected chi connectivity index (χ1v) is 7.05. The van der Waals surface area contributed by atoms with Gasteiger partial charge in [0.15, 0.2) is 0 Å². The fourth-order valence-corrected chi connectivity index (χ4v) is 2.58. The van der Waals surface area contributed by atoms with E-state index in [9.17, 15) is 5.02 Å². The van der Waals surface area contributed by atoms with E-state index >= 15 is 0 Å². The van der Waals surface area contributed by atoms with Crippen molar-refractivity contribution < 1.29 is 14.4 Å². The van der Waals surface area contributed by atoms with Gasteiger partial charge in [-0.3, -0.25) is 0 Å². The van der Waals surface area contributed by atoms with E-state index in [1.807, 2.05) is 0 Å². The van der Waals surface area contributed by atoms with Gasteiger partial charge in [0.05, 0.1) is 12.7 Å². The van der Waals surface area contributed by atoms with Gasteiger partial charge in [-0.05, 0) is 18.6 Å². The molecule has 1 heterocycles. The Hall–Kier alpha value is -0.745. The maximum absolute atomic E-state index is 9.97. The Balaban J connectivity index is 2.20. The Morgan fingerprint density at radius 2 is 2.26 bits per heavy atom. The van der Waals surface area contributed by atoms with Gasteiger partial charge in [-0.1, -0.05) is 31.4 Å². The number of benzene rings is 1. The van der Waals surface area contributed by atoms with Gasteiger partial charge in [0.25, 0.3) is 0 Å². The maximum atomic E-state index is 9.97. The van der Waals surface area contributed by atoms with Crippen molar-refractivity contribution in [3.63, 3.8) is 0 Å². The fraction of sp³-hybridized carbons (Fsp3) is 0.538. The number of rotatable bonds is 6. The third-order valence-electron chi connectivity index (χ3n) is 3.28. The summed E-state index contributed by atoms with van der Waals surface area (Å²) in [6.45, 7) is 3.05. The van der Waals surface area contributed by atoms with E-state index in [1.54, 1.807) is 12.1 Å². The van der Waals surface area contributed by atoms with Crippen LogP contribution in [0, 0.1) is 0 Å². The molecule has 1 aromatic carbocycles. The van der Waals surface area contributed by atoms with E-state index in [0.717, 1.165) is 24.8 Å². The van der Waals surface area contributed by atoms with Gasteiger partial charge < -0.3 is 20.1 Å². The van der Waals surface area contributed by atoms with Crippen molar-refractivity contribution >= 4 is 24.2 Å². The largest absolute Gasteiger partial charge is 0.495 e. The summed E-state index contributed by atoms with van der Waals surface area (Å²) in [4.78, 5) is 0. The van der Waals surface area contributed by atoms with Gasteiger partial charge in [0, 0.05) is 22.6 Å². The summed E-state index contributed by atoms with van der Waals surface area (Å²) in [5.74, 6) is 0.638. The number of nitrogens with two attached hydrogens (primary N) is 1. The predicted octanol–water partition coefficient (Wildman–Crippen LogP) is 1.63. The molecule has 1 aliphatic rings. The van der Waals surface area contributed by atoms with E-state index in [-0.39, 0.29) is 12.6 Å². The fourth-order valence-electron chi connectivity index (χ4n) is 2.30. The Kier molecular flexibility index (Phi) is 5.10. The number of halogens is 1. The lowest BCUT2D eigenvalue weighted by Gasteiger charge is -2.13. The SMILES string of the molecule is CCCCCOc1ccc(Cl)c2c1B(O)OC2CN. The van der Waals surface area contributed by atoms with Gasteiger partial charge in [0.1, 0.15) is 5.75 Å². The normalized spacial score (nSPS) is 17.7. The highest BCUT2D eigenvalue weighted by molar-refractivity contribution is 6.63. The second kappa shape index (κ2) is 6.61. The molecule has 0 fully saturated rings. The van der Waals surface area contributed by atoms with Gasteiger partial charge in [0.2, 0.25) is 0 Å². The maximum Gasteiger partial charge on any atom is 0.495 e. The molecule has 0 saturated heterocycles. The average Bonchev–Trinajstić information content (AvgIpc) is 2.75. The summed E-state index contributed by atoms with van der Waals surface area (Å²) in [5.41, 5.74) is 7.01. The molecule has 0 spiro atoms. The summed E-state index contributed by atoms with van der Waals surface area (Å²) >= 11 is 6.16. The minimum atomic E-state index is -1.01. The average molecular weight is 284 g/mol. The monoisotopic (exact) mass is 283 g/mol. The molecule has 1 aliphatic heterocycles. The second-order valence-electron chi connectivity index (χ2n) is 4.64. The topological polar surface area (TPSA) is 64.7 Å². The summed E-state index contributed by atoms with van der Waals surface area (Å²) in [5, 5.41) is 10.5. The lowest BCUT2D eigenvalue weighted by Crippen LogP contribution is -2.30. The summed E-state index contributed by atoms with van der Waals surface area (Å²) < 4.78 is 11.1.